The van der Waals surface area contributed by atoms with Gasteiger partial charge in [0.1, 0.15) is 0 Å². The van der Waals surface area contributed by atoms with E-state index in [9.17, 15) is 4.79 Å². The number of hydrogen-bond acceptors (Lipinski definition) is 2. The Bertz CT molecular complexity index is 148. The van der Waals surface area contributed by atoms with Crippen LogP contribution in [0.25, 0.3) is 0 Å². The van der Waals surface area contributed by atoms with Gasteiger partial charge in [0.05, 0.1) is 6.61 Å². The number of esters is 1. The Morgan fingerprint density at radius 1 is 1.29 bits per heavy atom. The lowest BCUT2D eigenvalue weighted by Gasteiger charge is -2.08. The zero-order chi connectivity index (χ0) is 10.8. The van der Waals surface area contributed by atoms with Gasteiger partial charge in [-0.3, -0.25) is 4.79 Å². The van der Waals surface area contributed by atoms with E-state index in [-0.39, 0.29) is 11.3 Å². The molecular weight excluding hydrogens is 200 g/mol. The Kier molecular flexibility index (Phi) is 9.16. The highest BCUT2D eigenvalue weighted by molar-refractivity contribution is 6.20. The first kappa shape index (κ1) is 13.8. The summed E-state index contributed by atoms with van der Waals surface area (Å²) in [6.07, 6.45) is 5.87. The lowest BCUT2D eigenvalue weighted by molar-refractivity contribution is -0.143. The third-order valence-electron chi connectivity index (χ3n) is 2.10. The van der Waals surface area contributed by atoms with Gasteiger partial charge in [0.25, 0.3) is 0 Å². The van der Waals surface area contributed by atoms with E-state index in [4.69, 9.17) is 16.3 Å². The van der Waals surface area contributed by atoms with Crippen molar-refractivity contribution in [3.63, 3.8) is 0 Å². The fraction of sp³-hybridized carbons (Fsp3) is 0.909. The Balaban J connectivity index is 3.26. The summed E-state index contributed by atoms with van der Waals surface area (Å²) in [6.45, 7) is 4.43. The molecule has 0 N–H and O–H groups in total. The summed E-state index contributed by atoms with van der Waals surface area (Å²) in [6, 6.07) is 0. The van der Waals surface area contributed by atoms with Crippen molar-refractivity contribution < 1.29 is 9.53 Å². The molecule has 0 saturated heterocycles. The summed E-state index contributed by atoms with van der Waals surface area (Å²) in [5.74, 6) is -0.137. The van der Waals surface area contributed by atoms with Crippen LogP contribution in [0.5, 0.6) is 0 Å². The Hall–Kier alpha value is -0.240. The van der Waals surface area contributed by atoms with Crippen LogP contribution in [0.15, 0.2) is 0 Å². The number of ether oxygens (including phenoxy) is 1. The number of rotatable bonds is 8. The smallest absolute Gasteiger partial charge is 0.305 e. The zero-order valence-corrected chi connectivity index (χ0v) is 9.98. The van der Waals surface area contributed by atoms with Crippen LogP contribution in [0, 0.1) is 0 Å². The highest BCUT2D eigenvalue weighted by Crippen LogP contribution is 2.12. The topological polar surface area (TPSA) is 26.3 Å². The van der Waals surface area contributed by atoms with E-state index in [1.54, 1.807) is 6.92 Å². The van der Waals surface area contributed by atoms with Crippen LogP contribution in [-0.4, -0.2) is 18.0 Å². The number of hydrogen-bond donors (Lipinski definition) is 0. The molecule has 0 rings (SSSR count). The molecule has 14 heavy (non-hydrogen) atoms. The Morgan fingerprint density at radius 3 is 2.57 bits per heavy atom. The molecule has 0 heterocycles. The van der Waals surface area contributed by atoms with Gasteiger partial charge in [-0.05, 0) is 12.8 Å². The third-order valence-corrected chi connectivity index (χ3v) is 2.54. The molecule has 0 fully saturated rings. The van der Waals surface area contributed by atoms with Crippen LogP contribution >= 0.6 is 11.6 Å². The van der Waals surface area contributed by atoms with E-state index in [1.807, 2.05) is 0 Å². The number of alkyl halides is 1. The molecule has 2 nitrogen and oxygen atoms in total. The first-order valence-electron chi connectivity index (χ1n) is 5.50. The standard InChI is InChI=1S/C11H21ClO2/c1-3-5-6-7-10(12)8-9-14-11(13)4-2/h10H,3-9H2,1-2H3. The van der Waals surface area contributed by atoms with E-state index in [2.05, 4.69) is 6.92 Å². The van der Waals surface area contributed by atoms with Gasteiger partial charge < -0.3 is 4.74 Å². The molecule has 0 aromatic carbocycles. The van der Waals surface area contributed by atoms with E-state index in [1.165, 1.54) is 19.3 Å². The molecule has 0 amide bonds. The van der Waals surface area contributed by atoms with Gasteiger partial charge in [-0.15, -0.1) is 11.6 Å². The van der Waals surface area contributed by atoms with Gasteiger partial charge >= 0.3 is 5.97 Å². The van der Waals surface area contributed by atoms with Crippen molar-refractivity contribution in [2.75, 3.05) is 6.61 Å². The molecule has 0 aliphatic heterocycles. The van der Waals surface area contributed by atoms with Crippen molar-refractivity contribution in [2.45, 2.75) is 57.7 Å². The second-order valence-corrected chi connectivity index (χ2v) is 4.07. The molecule has 0 spiro atoms. The van der Waals surface area contributed by atoms with Gasteiger partial charge in [0.15, 0.2) is 0 Å². The molecule has 0 aliphatic carbocycles. The fourth-order valence-corrected chi connectivity index (χ4v) is 1.41. The van der Waals surface area contributed by atoms with Crippen LogP contribution in [0.1, 0.15) is 52.4 Å². The predicted octanol–water partition coefficient (Wildman–Crippen LogP) is 3.52. The summed E-state index contributed by atoms with van der Waals surface area (Å²) in [5, 5.41) is 0.159. The van der Waals surface area contributed by atoms with Gasteiger partial charge in [-0.2, -0.15) is 0 Å². The largest absolute Gasteiger partial charge is 0.466 e. The highest BCUT2D eigenvalue weighted by Gasteiger charge is 2.05. The normalized spacial score (nSPS) is 12.5. The molecule has 0 bridgehead atoms. The van der Waals surface area contributed by atoms with E-state index < -0.39 is 0 Å². The Labute approximate surface area is 92.0 Å². The molecule has 1 unspecified atom stereocenters. The molecule has 0 aromatic rings. The van der Waals surface area contributed by atoms with Crippen molar-refractivity contribution in [2.24, 2.45) is 0 Å². The van der Waals surface area contributed by atoms with Gasteiger partial charge in [-0.25, -0.2) is 0 Å². The molecular formula is C11H21ClO2. The quantitative estimate of drug-likeness (QED) is 0.356. The van der Waals surface area contributed by atoms with E-state index in [0.717, 1.165) is 12.8 Å². The minimum absolute atomic E-state index is 0.137. The first-order chi connectivity index (χ1) is 6.70. The van der Waals surface area contributed by atoms with Crippen molar-refractivity contribution in [1.82, 2.24) is 0 Å². The second kappa shape index (κ2) is 9.32. The van der Waals surface area contributed by atoms with Crippen molar-refractivity contribution in [1.29, 1.82) is 0 Å². The molecule has 0 radical (unpaired) electrons. The number of halogens is 1. The maximum Gasteiger partial charge on any atom is 0.305 e. The molecule has 84 valence electrons. The monoisotopic (exact) mass is 220 g/mol. The van der Waals surface area contributed by atoms with Crippen molar-refractivity contribution in [3.05, 3.63) is 0 Å². The van der Waals surface area contributed by atoms with Gasteiger partial charge in [0.2, 0.25) is 0 Å². The lowest BCUT2D eigenvalue weighted by Crippen LogP contribution is -2.09. The predicted molar refractivity (Wildman–Crippen MR) is 59.7 cm³/mol. The molecule has 0 aliphatic rings. The van der Waals surface area contributed by atoms with Crippen LogP contribution in [0.4, 0.5) is 0 Å². The summed E-state index contributed by atoms with van der Waals surface area (Å²) < 4.78 is 4.94. The van der Waals surface area contributed by atoms with Crippen LogP contribution < -0.4 is 0 Å². The maximum atomic E-state index is 10.8. The van der Waals surface area contributed by atoms with Gasteiger partial charge in [0, 0.05) is 11.8 Å². The third kappa shape index (κ3) is 8.36. The molecule has 3 heteroatoms. The molecule has 0 aromatic heterocycles. The molecule has 0 saturated carbocycles. The zero-order valence-electron chi connectivity index (χ0n) is 9.22. The van der Waals surface area contributed by atoms with Gasteiger partial charge in [-0.1, -0.05) is 33.1 Å². The lowest BCUT2D eigenvalue weighted by atomic mass is 10.1. The first-order valence-corrected chi connectivity index (χ1v) is 5.94. The molecule has 1 atom stereocenters. The van der Waals surface area contributed by atoms with Crippen molar-refractivity contribution >= 4 is 17.6 Å². The number of carbonyl (C=O) groups is 1. The highest BCUT2D eigenvalue weighted by atomic mass is 35.5. The van der Waals surface area contributed by atoms with E-state index >= 15 is 0 Å². The fourth-order valence-electron chi connectivity index (χ4n) is 1.16. The minimum Gasteiger partial charge on any atom is -0.466 e. The summed E-state index contributed by atoms with van der Waals surface area (Å²) in [7, 11) is 0. The van der Waals surface area contributed by atoms with Crippen LogP contribution in [0.2, 0.25) is 0 Å². The minimum atomic E-state index is -0.137. The van der Waals surface area contributed by atoms with Crippen molar-refractivity contribution in [3.8, 4) is 0 Å². The Morgan fingerprint density at radius 2 is 2.00 bits per heavy atom. The maximum absolute atomic E-state index is 10.8. The number of unbranched alkanes of at least 4 members (excludes halogenated alkanes) is 2. The van der Waals surface area contributed by atoms with Crippen LogP contribution in [-0.2, 0) is 9.53 Å². The average molecular weight is 221 g/mol. The second-order valence-electron chi connectivity index (χ2n) is 3.46. The van der Waals surface area contributed by atoms with E-state index in [0.29, 0.717) is 13.0 Å². The number of carbonyl (C=O) groups excluding carboxylic acids is 1. The van der Waals surface area contributed by atoms with Crippen LogP contribution in [0.3, 0.4) is 0 Å². The summed E-state index contributed by atoms with van der Waals surface area (Å²) >= 11 is 6.05. The average Bonchev–Trinajstić information content (AvgIpc) is 2.18. The summed E-state index contributed by atoms with van der Waals surface area (Å²) in [4.78, 5) is 10.8. The SMILES string of the molecule is CCCCCC(Cl)CCOC(=O)CC. The summed E-state index contributed by atoms with van der Waals surface area (Å²) in [5.41, 5.74) is 0.